The Morgan fingerprint density at radius 2 is 2.00 bits per heavy atom. The highest BCUT2D eigenvalue weighted by atomic mass is 35.5. The van der Waals surface area contributed by atoms with Crippen molar-refractivity contribution in [1.82, 2.24) is 4.90 Å². The van der Waals surface area contributed by atoms with E-state index in [0.29, 0.717) is 32.1 Å². The van der Waals surface area contributed by atoms with E-state index in [-0.39, 0.29) is 11.7 Å². The SMILES string of the molecule is COc1cccc(/C=C2\SC(=Nc3cccc(Cl)c3C)N(C)C2=O)c1O. The van der Waals surface area contributed by atoms with Crippen molar-refractivity contribution in [2.24, 2.45) is 4.99 Å². The van der Waals surface area contributed by atoms with Gasteiger partial charge in [0.05, 0.1) is 17.7 Å². The molecule has 1 heterocycles. The first kappa shape index (κ1) is 18.4. The first-order valence-corrected chi connectivity index (χ1v) is 8.99. The van der Waals surface area contributed by atoms with Crippen molar-refractivity contribution in [1.29, 1.82) is 0 Å². The zero-order valence-electron chi connectivity index (χ0n) is 14.5. The minimum atomic E-state index is -0.185. The number of hydrogen-bond donors (Lipinski definition) is 1. The number of hydrogen-bond acceptors (Lipinski definition) is 5. The molecule has 0 bridgehead atoms. The summed E-state index contributed by atoms with van der Waals surface area (Å²) in [5.74, 6) is 0.164. The molecule has 0 aliphatic carbocycles. The number of halogens is 1. The monoisotopic (exact) mass is 388 g/mol. The van der Waals surface area contributed by atoms with Gasteiger partial charge in [-0.3, -0.25) is 9.69 Å². The molecule has 1 aliphatic rings. The van der Waals surface area contributed by atoms with Gasteiger partial charge in [-0.15, -0.1) is 0 Å². The predicted octanol–water partition coefficient (Wildman–Crippen LogP) is 4.60. The minimum Gasteiger partial charge on any atom is -0.504 e. The summed E-state index contributed by atoms with van der Waals surface area (Å²) in [5, 5.41) is 11.4. The molecule has 0 saturated carbocycles. The highest BCUT2D eigenvalue weighted by Crippen LogP contribution is 2.37. The molecule has 5 nitrogen and oxygen atoms in total. The van der Waals surface area contributed by atoms with Crippen LogP contribution in [0.5, 0.6) is 11.5 Å². The van der Waals surface area contributed by atoms with E-state index >= 15 is 0 Å². The number of phenolic OH excluding ortho intramolecular Hbond substituents is 1. The van der Waals surface area contributed by atoms with Crippen LogP contribution in [-0.4, -0.2) is 35.2 Å². The fraction of sp³-hybridized carbons (Fsp3) is 0.158. The molecular formula is C19H17ClN2O3S. The van der Waals surface area contributed by atoms with Crippen LogP contribution in [-0.2, 0) is 4.79 Å². The Balaban J connectivity index is 1.97. The van der Waals surface area contributed by atoms with Gasteiger partial charge in [0.1, 0.15) is 0 Å². The number of methoxy groups -OCH3 is 1. The number of carbonyl (C=O) groups excluding carboxylic acids is 1. The van der Waals surface area contributed by atoms with E-state index in [0.717, 1.165) is 5.56 Å². The molecule has 1 amide bonds. The number of thioether (sulfide) groups is 1. The van der Waals surface area contributed by atoms with Gasteiger partial charge in [-0.1, -0.05) is 29.8 Å². The van der Waals surface area contributed by atoms with Crippen LogP contribution in [0.4, 0.5) is 5.69 Å². The van der Waals surface area contributed by atoms with Crippen LogP contribution in [0.1, 0.15) is 11.1 Å². The highest BCUT2D eigenvalue weighted by molar-refractivity contribution is 8.18. The zero-order valence-corrected chi connectivity index (χ0v) is 16.1. The molecule has 26 heavy (non-hydrogen) atoms. The fourth-order valence-electron chi connectivity index (χ4n) is 2.43. The van der Waals surface area contributed by atoms with Crippen LogP contribution in [0, 0.1) is 6.92 Å². The predicted molar refractivity (Wildman–Crippen MR) is 106 cm³/mol. The summed E-state index contributed by atoms with van der Waals surface area (Å²) in [7, 11) is 3.15. The molecule has 0 atom stereocenters. The Labute approximate surface area is 160 Å². The molecule has 1 saturated heterocycles. The van der Waals surface area contributed by atoms with Crippen LogP contribution >= 0.6 is 23.4 Å². The number of rotatable bonds is 3. The van der Waals surface area contributed by atoms with Gasteiger partial charge in [0.15, 0.2) is 16.7 Å². The number of benzene rings is 2. The molecule has 1 aliphatic heterocycles. The third-order valence-corrected chi connectivity index (χ3v) is 5.47. The molecule has 7 heteroatoms. The van der Waals surface area contributed by atoms with Crippen molar-refractivity contribution in [3.8, 4) is 11.5 Å². The van der Waals surface area contributed by atoms with Crippen molar-refractivity contribution in [2.45, 2.75) is 6.92 Å². The van der Waals surface area contributed by atoms with Crippen LogP contribution in [0.25, 0.3) is 6.08 Å². The van der Waals surface area contributed by atoms with Gasteiger partial charge in [0, 0.05) is 17.6 Å². The summed E-state index contributed by atoms with van der Waals surface area (Å²) in [6.45, 7) is 1.88. The largest absolute Gasteiger partial charge is 0.504 e. The molecule has 1 N–H and O–H groups in total. The summed E-state index contributed by atoms with van der Waals surface area (Å²) in [5.41, 5.74) is 2.07. The van der Waals surface area contributed by atoms with E-state index in [4.69, 9.17) is 16.3 Å². The Morgan fingerprint density at radius 1 is 1.27 bits per heavy atom. The number of likely N-dealkylation sites (N-methyl/N-ethyl adjacent to an activating group) is 1. The van der Waals surface area contributed by atoms with Crippen molar-refractivity contribution in [3.05, 3.63) is 57.5 Å². The van der Waals surface area contributed by atoms with Gasteiger partial charge in [-0.2, -0.15) is 0 Å². The lowest BCUT2D eigenvalue weighted by Gasteiger charge is -2.08. The van der Waals surface area contributed by atoms with Crippen molar-refractivity contribution in [3.63, 3.8) is 0 Å². The molecule has 2 aromatic carbocycles. The van der Waals surface area contributed by atoms with E-state index in [1.165, 1.54) is 23.8 Å². The summed E-state index contributed by atoms with van der Waals surface area (Å²) in [4.78, 5) is 19.1. The van der Waals surface area contributed by atoms with Crippen molar-refractivity contribution < 1.29 is 14.6 Å². The van der Waals surface area contributed by atoms with E-state index in [2.05, 4.69) is 4.99 Å². The molecule has 3 rings (SSSR count). The van der Waals surface area contributed by atoms with Gasteiger partial charge in [-0.25, -0.2) is 4.99 Å². The number of ether oxygens (including phenoxy) is 1. The number of phenols is 1. The lowest BCUT2D eigenvalue weighted by atomic mass is 10.1. The Kier molecular flexibility index (Phi) is 5.25. The van der Waals surface area contributed by atoms with Gasteiger partial charge in [-0.05, 0) is 48.5 Å². The molecule has 0 aromatic heterocycles. The summed E-state index contributed by atoms with van der Waals surface area (Å²) >= 11 is 7.38. The third-order valence-electron chi connectivity index (χ3n) is 4.00. The first-order chi connectivity index (χ1) is 12.4. The highest BCUT2D eigenvalue weighted by Gasteiger charge is 2.30. The maximum Gasteiger partial charge on any atom is 0.266 e. The number of aliphatic imine (C=N–C) groups is 1. The van der Waals surface area contributed by atoms with Gasteiger partial charge < -0.3 is 9.84 Å². The Bertz CT molecular complexity index is 940. The molecule has 0 radical (unpaired) electrons. The molecule has 0 spiro atoms. The fourth-order valence-corrected chi connectivity index (χ4v) is 3.57. The van der Waals surface area contributed by atoms with Crippen LogP contribution in [0.2, 0.25) is 5.02 Å². The molecular weight excluding hydrogens is 372 g/mol. The normalized spacial score (nSPS) is 17.4. The van der Waals surface area contributed by atoms with Crippen molar-refractivity contribution in [2.75, 3.05) is 14.2 Å². The average molecular weight is 389 g/mol. The third kappa shape index (κ3) is 3.43. The van der Waals surface area contributed by atoms with Gasteiger partial charge >= 0.3 is 0 Å². The van der Waals surface area contributed by atoms with Gasteiger partial charge in [0.25, 0.3) is 5.91 Å². The first-order valence-electron chi connectivity index (χ1n) is 7.79. The van der Waals surface area contributed by atoms with E-state index < -0.39 is 0 Å². The number of nitrogens with zero attached hydrogens (tertiary/aromatic N) is 2. The molecule has 0 unspecified atom stereocenters. The lowest BCUT2D eigenvalue weighted by molar-refractivity contribution is -0.121. The Hall–Kier alpha value is -2.44. The van der Waals surface area contributed by atoms with E-state index in [9.17, 15) is 9.90 Å². The van der Waals surface area contributed by atoms with Gasteiger partial charge in [0.2, 0.25) is 0 Å². The second kappa shape index (κ2) is 7.43. The number of amidine groups is 1. The summed E-state index contributed by atoms with van der Waals surface area (Å²) in [6, 6.07) is 10.6. The number of para-hydroxylation sites is 1. The van der Waals surface area contributed by atoms with Crippen LogP contribution in [0.15, 0.2) is 46.3 Å². The van der Waals surface area contributed by atoms with Crippen LogP contribution < -0.4 is 4.74 Å². The summed E-state index contributed by atoms with van der Waals surface area (Å²) in [6.07, 6.45) is 1.63. The van der Waals surface area contributed by atoms with Crippen LogP contribution in [0.3, 0.4) is 0 Å². The molecule has 134 valence electrons. The number of carbonyl (C=O) groups is 1. The average Bonchev–Trinajstić information content (AvgIpc) is 2.89. The summed E-state index contributed by atoms with van der Waals surface area (Å²) < 4.78 is 5.10. The minimum absolute atomic E-state index is 0.00497. The number of amides is 1. The van der Waals surface area contributed by atoms with Crippen molar-refractivity contribution >= 4 is 46.2 Å². The lowest BCUT2D eigenvalue weighted by Crippen LogP contribution is -2.23. The second-order valence-corrected chi connectivity index (χ2v) is 7.07. The van der Waals surface area contributed by atoms with E-state index in [1.54, 1.807) is 37.4 Å². The maximum atomic E-state index is 12.5. The molecule has 1 fully saturated rings. The smallest absolute Gasteiger partial charge is 0.266 e. The quantitative estimate of drug-likeness (QED) is 0.781. The van der Waals surface area contributed by atoms with E-state index in [1.807, 2.05) is 19.1 Å². The second-order valence-electron chi connectivity index (χ2n) is 5.65. The standard InChI is InChI=1S/C19H17ClN2O3S/c1-11-13(20)7-5-8-14(11)21-19-22(2)18(24)16(26-19)10-12-6-4-9-15(25-3)17(12)23/h4-10,23H,1-3H3/b16-10-,21-19?. The molecule has 2 aromatic rings. The number of aromatic hydroxyl groups is 1. The Morgan fingerprint density at radius 3 is 2.73 bits per heavy atom. The topological polar surface area (TPSA) is 62.1 Å². The maximum absolute atomic E-state index is 12.5. The zero-order chi connectivity index (χ0) is 18.8.